The normalized spacial score (nSPS) is 11.0. The first-order chi connectivity index (χ1) is 10.5. The minimum atomic E-state index is -0.0328. The molecule has 1 N–H and O–H groups in total. The fourth-order valence-electron chi connectivity index (χ4n) is 2.38. The van der Waals surface area contributed by atoms with Crippen molar-refractivity contribution in [3.05, 3.63) is 51.5 Å². The Balaban J connectivity index is 1.63. The van der Waals surface area contributed by atoms with E-state index in [0.717, 1.165) is 37.8 Å². The van der Waals surface area contributed by atoms with Crippen molar-refractivity contribution in [2.75, 3.05) is 6.54 Å². The van der Waals surface area contributed by atoms with Crippen LogP contribution in [-0.4, -0.2) is 22.2 Å². The molecule has 0 spiro atoms. The molecule has 0 fully saturated rings. The maximum absolute atomic E-state index is 12.2. The second-order valence-electron chi connectivity index (χ2n) is 5.17. The van der Waals surface area contributed by atoms with Crippen LogP contribution >= 0.6 is 22.9 Å². The Morgan fingerprint density at radius 3 is 2.77 bits per heavy atom. The van der Waals surface area contributed by atoms with E-state index in [1.54, 1.807) is 0 Å². The Labute approximate surface area is 137 Å². The van der Waals surface area contributed by atoms with Gasteiger partial charge in [0.2, 0.25) is 0 Å². The number of rotatable bonds is 4. The molecule has 0 unspecified atom stereocenters. The average Bonchev–Trinajstić information content (AvgIpc) is 3.04. The van der Waals surface area contributed by atoms with Crippen molar-refractivity contribution in [2.24, 2.45) is 7.05 Å². The van der Waals surface area contributed by atoms with E-state index in [1.807, 2.05) is 49.0 Å². The van der Waals surface area contributed by atoms with Gasteiger partial charge in [0, 0.05) is 24.0 Å². The summed E-state index contributed by atoms with van der Waals surface area (Å²) < 4.78 is 1.82. The number of amides is 1. The molecule has 2 aromatic heterocycles. The number of aromatic nitrogens is 2. The van der Waals surface area contributed by atoms with E-state index in [0.29, 0.717) is 6.54 Å². The van der Waals surface area contributed by atoms with Crippen molar-refractivity contribution in [1.29, 1.82) is 0 Å². The van der Waals surface area contributed by atoms with Crippen LogP contribution < -0.4 is 5.32 Å². The van der Waals surface area contributed by atoms with E-state index in [4.69, 9.17) is 11.6 Å². The van der Waals surface area contributed by atoms with Crippen LogP contribution in [0.4, 0.5) is 0 Å². The van der Waals surface area contributed by atoms with Crippen LogP contribution in [0.3, 0.4) is 0 Å². The van der Waals surface area contributed by atoms with Gasteiger partial charge in [0.1, 0.15) is 4.83 Å². The van der Waals surface area contributed by atoms with E-state index < -0.39 is 0 Å². The van der Waals surface area contributed by atoms with Crippen molar-refractivity contribution in [3.8, 4) is 0 Å². The van der Waals surface area contributed by atoms with E-state index in [9.17, 15) is 4.79 Å². The van der Waals surface area contributed by atoms with Crippen LogP contribution in [0.5, 0.6) is 0 Å². The van der Waals surface area contributed by atoms with Crippen molar-refractivity contribution in [3.63, 3.8) is 0 Å². The van der Waals surface area contributed by atoms with Crippen LogP contribution in [0.2, 0.25) is 5.02 Å². The van der Waals surface area contributed by atoms with Crippen molar-refractivity contribution >= 4 is 39.1 Å². The van der Waals surface area contributed by atoms with Gasteiger partial charge in [-0.3, -0.25) is 9.48 Å². The van der Waals surface area contributed by atoms with E-state index in [1.165, 1.54) is 11.3 Å². The molecule has 0 saturated carbocycles. The first-order valence-electron chi connectivity index (χ1n) is 7.00. The molecule has 0 bridgehead atoms. The van der Waals surface area contributed by atoms with E-state index in [-0.39, 0.29) is 5.91 Å². The number of aryl methyl sites for hydroxylation is 2. The minimum absolute atomic E-state index is 0.0328. The van der Waals surface area contributed by atoms with E-state index >= 15 is 0 Å². The summed E-state index contributed by atoms with van der Waals surface area (Å²) >= 11 is 7.33. The molecule has 1 aromatic carbocycles. The van der Waals surface area contributed by atoms with Crippen LogP contribution in [0.1, 0.15) is 20.9 Å². The molecule has 0 atom stereocenters. The molecule has 0 aliphatic heterocycles. The summed E-state index contributed by atoms with van der Waals surface area (Å²) in [4.78, 5) is 14.0. The Hall–Kier alpha value is -1.85. The number of hydrogen-bond acceptors (Lipinski definition) is 3. The molecule has 22 heavy (non-hydrogen) atoms. The summed E-state index contributed by atoms with van der Waals surface area (Å²) in [6.45, 7) is 2.56. The molecule has 3 rings (SSSR count). The number of halogens is 1. The Morgan fingerprint density at radius 1 is 1.36 bits per heavy atom. The average molecular weight is 334 g/mol. The lowest BCUT2D eigenvalue weighted by Crippen LogP contribution is -2.24. The van der Waals surface area contributed by atoms with Gasteiger partial charge >= 0.3 is 0 Å². The van der Waals surface area contributed by atoms with Crippen molar-refractivity contribution in [2.45, 2.75) is 13.3 Å². The van der Waals surface area contributed by atoms with Gasteiger partial charge in [0.15, 0.2) is 0 Å². The smallest absolute Gasteiger partial charge is 0.261 e. The van der Waals surface area contributed by atoms with Crippen LogP contribution in [0.15, 0.2) is 30.3 Å². The maximum Gasteiger partial charge on any atom is 0.261 e. The fraction of sp³-hybridized carbons (Fsp3) is 0.250. The zero-order valence-corrected chi connectivity index (χ0v) is 14.0. The lowest BCUT2D eigenvalue weighted by molar-refractivity contribution is 0.0958. The zero-order valence-electron chi connectivity index (χ0n) is 12.4. The molecule has 2 heterocycles. The van der Waals surface area contributed by atoms with Gasteiger partial charge in [-0.1, -0.05) is 23.7 Å². The first-order valence-corrected chi connectivity index (χ1v) is 8.20. The second kappa shape index (κ2) is 6.10. The molecule has 1 amide bonds. The van der Waals surface area contributed by atoms with Gasteiger partial charge in [-0.05, 0) is 37.1 Å². The lowest BCUT2D eigenvalue weighted by Gasteiger charge is -2.04. The summed E-state index contributed by atoms with van der Waals surface area (Å²) in [5, 5.41) is 9.08. The topological polar surface area (TPSA) is 46.9 Å². The van der Waals surface area contributed by atoms with Crippen molar-refractivity contribution < 1.29 is 4.79 Å². The highest BCUT2D eigenvalue weighted by atomic mass is 35.5. The monoisotopic (exact) mass is 333 g/mol. The third-order valence-electron chi connectivity index (χ3n) is 3.53. The number of fused-ring (bicyclic) bond motifs is 1. The maximum atomic E-state index is 12.2. The predicted molar refractivity (Wildman–Crippen MR) is 90.8 cm³/mol. The van der Waals surface area contributed by atoms with Crippen LogP contribution in [0, 0.1) is 6.92 Å². The first kappa shape index (κ1) is 15.1. The van der Waals surface area contributed by atoms with Gasteiger partial charge in [0.05, 0.1) is 10.6 Å². The van der Waals surface area contributed by atoms with Crippen LogP contribution in [0.25, 0.3) is 10.2 Å². The van der Waals surface area contributed by atoms with Gasteiger partial charge in [-0.25, -0.2) is 0 Å². The number of nitrogens with zero attached hydrogens (tertiary/aromatic N) is 2. The summed E-state index contributed by atoms with van der Waals surface area (Å²) in [6, 6.07) is 9.59. The third-order valence-corrected chi connectivity index (χ3v) is 4.99. The Morgan fingerprint density at radius 2 is 2.09 bits per heavy atom. The molecular formula is C16H16ClN3OS. The number of carbonyl (C=O) groups is 1. The third kappa shape index (κ3) is 3.00. The quantitative estimate of drug-likeness (QED) is 0.793. The second-order valence-corrected chi connectivity index (χ2v) is 6.64. The summed E-state index contributed by atoms with van der Waals surface area (Å²) in [6.07, 6.45) is 0.786. The summed E-state index contributed by atoms with van der Waals surface area (Å²) in [5.74, 6) is -0.0328. The summed E-state index contributed by atoms with van der Waals surface area (Å²) in [5.41, 5.74) is 2.11. The Bertz CT molecular complexity index is 785. The molecule has 6 heteroatoms. The van der Waals surface area contributed by atoms with Crippen LogP contribution in [-0.2, 0) is 13.5 Å². The molecule has 0 radical (unpaired) electrons. The molecule has 0 aliphatic rings. The molecule has 4 nitrogen and oxygen atoms in total. The highest BCUT2D eigenvalue weighted by molar-refractivity contribution is 7.20. The van der Waals surface area contributed by atoms with Crippen molar-refractivity contribution in [1.82, 2.24) is 15.1 Å². The van der Waals surface area contributed by atoms with E-state index in [2.05, 4.69) is 10.4 Å². The van der Waals surface area contributed by atoms with Gasteiger partial charge in [-0.2, -0.15) is 5.10 Å². The number of benzene rings is 1. The summed E-state index contributed by atoms with van der Waals surface area (Å²) in [7, 11) is 1.90. The Kier molecular flexibility index (Phi) is 4.18. The number of carbonyl (C=O) groups excluding carboxylic acids is 1. The predicted octanol–water partition coefficient (Wildman–Crippen LogP) is 3.57. The fourth-order valence-corrected chi connectivity index (χ4v) is 3.54. The van der Waals surface area contributed by atoms with Gasteiger partial charge < -0.3 is 5.32 Å². The van der Waals surface area contributed by atoms with Gasteiger partial charge in [0.25, 0.3) is 5.91 Å². The number of nitrogens with one attached hydrogen (secondary N) is 1. The highest BCUT2D eigenvalue weighted by Gasteiger charge is 2.14. The SMILES string of the molecule is Cc1nn(C)c2sc(C(=O)NCCc3ccc(Cl)cc3)cc12. The highest BCUT2D eigenvalue weighted by Crippen LogP contribution is 2.27. The molecule has 0 saturated heterocycles. The minimum Gasteiger partial charge on any atom is -0.351 e. The molecule has 114 valence electrons. The number of thiophene rings is 1. The largest absolute Gasteiger partial charge is 0.351 e. The van der Waals surface area contributed by atoms with Gasteiger partial charge in [-0.15, -0.1) is 11.3 Å². The standard InChI is InChI=1S/C16H16ClN3OS/c1-10-13-9-14(22-16(13)20(2)19-10)15(21)18-8-7-11-3-5-12(17)6-4-11/h3-6,9H,7-8H2,1-2H3,(H,18,21). The lowest BCUT2D eigenvalue weighted by atomic mass is 10.1. The number of hydrogen-bond donors (Lipinski definition) is 1. The zero-order chi connectivity index (χ0) is 15.7. The molecule has 0 aliphatic carbocycles. The molecule has 3 aromatic rings. The molecular weight excluding hydrogens is 318 g/mol.